The van der Waals surface area contributed by atoms with Crippen LogP contribution >= 0.6 is 11.3 Å². The predicted octanol–water partition coefficient (Wildman–Crippen LogP) is -0.308. The molecule has 0 aliphatic rings. The fourth-order valence-corrected chi connectivity index (χ4v) is 2.02. The zero-order valence-corrected chi connectivity index (χ0v) is 9.83. The third-order valence-corrected chi connectivity index (χ3v) is 2.93. The number of aromatic amines is 1. The number of carbonyl (C=O) groups excluding carboxylic acids is 1. The summed E-state index contributed by atoms with van der Waals surface area (Å²) in [4.78, 5) is 19.8. The molecule has 0 bridgehead atoms. The molecule has 8 heteroatoms. The number of hydrogen-bond donors (Lipinski definition) is 3. The molecular formula is C9H12N6OS. The standard InChI is InChI=1S/C9H12N6OS/c10-2-1-8-14-6(4-17-8)9(16)11-3-7-12-5-13-15-7/h4-5H,1-3,10H2,(H,11,16)(H,12,13,15). The Kier molecular flexibility index (Phi) is 3.78. The summed E-state index contributed by atoms with van der Waals surface area (Å²) in [7, 11) is 0. The lowest BCUT2D eigenvalue weighted by atomic mass is 10.4. The van der Waals surface area contributed by atoms with Gasteiger partial charge in [-0.3, -0.25) is 9.89 Å². The topological polar surface area (TPSA) is 110 Å². The second-order valence-electron chi connectivity index (χ2n) is 3.28. The van der Waals surface area contributed by atoms with Crippen LogP contribution in [-0.2, 0) is 13.0 Å². The SMILES string of the molecule is NCCc1nc(C(=O)NCc2ncn[nH]2)cs1. The molecule has 2 aromatic heterocycles. The number of aromatic nitrogens is 4. The van der Waals surface area contributed by atoms with Gasteiger partial charge in [0, 0.05) is 11.8 Å². The number of thiazole rings is 1. The van der Waals surface area contributed by atoms with Crippen LogP contribution in [0.25, 0.3) is 0 Å². The first-order chi connectivity index (χ1) is 8.29. The zero-order valence-electron chi connectivity index (χ0n) is 9.01. The summed E-state index contributed by atoms with van der Waals surface area (Å²) in [5, 5.41) is 11.6. The van der Waals surface area contributed by atoms with Crippen LogP contribution in [0.3, 0.4) is 0 Å². The number of nitrogens with two attached hydrogens (primary N) is 1. The maximum absolute atomic E-state index is 11.7. The van der Waals surface area contributed by atoms with Gasteiger partial charge in [0.2, 0.25) is 0 Å². The Morgan fingerprint density at radius 3 is 3.18 bits per heavy atom. The minimum absolute atomic E-state index is 0.221. The van der Waals surface area contributed by atoms with Gasteiger partial charge in [0.25, 0.3) is 5.91 Å². The molecule has 1 amide bonds. The Hall–Kier alpha value is -1.80. The summed E-state index contributed by atoms with van der Waals surface area (Å²) in [5.41, 5.74) is 5.83. The molecule has 0 radical (unpaired) electrons. The quantitative estimate of drug-likeness (QED) is 0.676. The third-order valence-electron chi connectivity index (χ3n) is 2.02. The van der Waals surface area contributed by atoms with Gasteiger partial charge in [0.05, 0.1) is 11.6 Å². The smallest absolute Gasteiger partial charge is 0.271 e. The molecule has 0 saturated heterocycles. The van der Waals surface area contributed by atoms with Gasteiger partial charge in [-0.2, -0.15) is 5.10 Å². The van der Waals surface area contributed by atoms with E-state index in [9.17, 15) is 4.79 Å². The van der Waals surface area contributed by atoms with Gasteiger partial charge in [0.1, 0.15) is 17.8 Å². The molecule has 17 heavy (non-hydrogen) atoms. The van der Waals surface area contributed by atoms with Crippen LogP contribution in [0.4, 0.5) is 0 Å². The number of amides is 1. The molecule has 0 saturated carbocycles. The molecule has 0 aliphatic carbocycles. The number of hydrogen-bond acceptors (Lipinski definition) is 6. The molecular weight excluding hydrogens is 240 g/mol. The summed E-state index contributed by atoms with van der Waals surface area (Å²) in [6.45, 7) is 0.842. The molecule has 0 unspecified atom stereocenters. The van der Waals surface area contributed by atoms with E-state index in [1.165, 1.54) is 17.7 Å². The highest BCUT2D eigenvalue weighted by Gasteiger charge is 2.10. The first-order valence-corrected chi connectivity index (χ1v) is 5.94. The molecule has 0 aliphatic heterocycles. The van der Waals surface area contributed by atoms with Crippen molar-refractivity contribution in [3.05, 3.63) is 28.2 Å². The highest BCUT2D eigenvalue weighted by molar-refractivity contribution is 7.09. The van der Waals surface area contributed by atoms with Crippen molar-refractivity contribution in [1.82, 2.24) is 25.5 Å². The third kappa shape index (κ3) is 3.08. The molecule has 2 heterocycles. The van der Waals surface area contributed by atoms with Crippen molar-refractivity contribution in [2.75, 3.05) is 6.54 Å². The van der Waals surface area contributed by atoms with Crippen LogP contribution in [-0.4, -0.2) is 32.6 Å². The Balaban J connectivity index is 1.90. The van der Waals surface area contributed by atoms with Gasteiger partial charge >= 0.3 is 0 Å². The van der Waals surface area contributed by atoms with Crippen molar-refractivity contribution >= 4 is 17.2 Å². The second-order valence-corrected chi connectivity index (χ2v) is 4.22. The Morgan fingerprint density at radius 1 is 1.59 bits per heavy atom. The average Bonchev–Trinajstić information content (AvgIpc) is 2.97. The number of carbonyl (C=O) groups is 1. The van der Waals surface area contributed by atoms with E-state index < -0.39 is 0 Å². The molecule has 2 aromatic rings. The fourth-order valence-electron chi connectivity index (χ4n) is 1.22. The van der Waals surface area contributed by atoms with Crippen LogP contribution in [0, 0.1) is 0 Å². The van der Waals surface area contributed by atoms with E-state index in [0.717, 1.165) is 5.01 Å². The van der Waals surface area contributed by atoms with Gasteiger partial charge in [-0.25, -0.2) is 9.97 Å². The summed E-state index contributed by atoms with van der Waals surface area (Å²) in [6.07, 6.45) is 2.09. The van der Waals surface area contributed by atoms with E-state index in [2.05, 4.69) is 25.5 Å². The van der Waals surface area contributed by atoms with Crippen LogP contribution in [0.2, 0.25) is 0 Å². The van der Waals surface area contributed by atoms with E-state index in [0.29, 0.717) is 31.0 Å². The summed E-state index contributed by atoms with van der Waals surface area (Å²) in [6, 6.07) is 0. The number of nitrogens with zero attached hydrogens (tertiary/aromatic N) is 3. The van der Waals surface area contributed by atoms with Crippen LogP contribution in [0.15, 0.2) is 11.7 Å². The van der Waals surface area contributed by atoms with Crippen LogP contribution in [0.1, 0.15) is 21.3 Å². The van der Waals surface area contributed by atoms with Crippen molar-refractivity contribution in [2.24, 2.45) is 5.73 Å². The molecule has 0 spiro atoms. The minimum Gasteiger partial charge on any atom is -0.343 e. The number of nitrogens with one attached hydrogen (secondary N) is 2. The Morgan fingerprint density at radius 2 is 2.47 bits per heavy atom. The second kappa shape index (κ2) is 5.51. The summed E-state index contributed by atoms with van der Waals surface area (Å²) in [5.74, 6) is 0.386. The van der Waals surface area contributed by atoms with Crippen LogP contribution in [0.5, 0.6) is 0 Å². The molecule has 0 aromatic carbocycles. The molecule has 0 atom stereocenters. The van der Waals surface area contributed by atoms with Crippen molar-refractivity contribution in [1.29, 1.82) is 0 Å². The lowest BCUT2D eigenvalue weighted by molar-refractivity contribution is 0.0945. The number of rotatable bonds is 5. The predicted molar refractivity (Wildman–Crippen MR) is 62.4 cm³/mol. The monoisotopic (exact) mass is 252 g/mol. The Labute approximate surface area is 101 Å². The maximum Gasteiger partial charge on any atom is 0.271 e. The van der Waals surface area contributed by atoms with Crippen molar-refractivity contribution in [3.63, 3.8) is 0 Å². The lowest BCUT2D eigenvalue weighted by Crippen LogP contribution is -2.23. The van der Waals surface area contributed by atoms with E-state index in [1.807, 2.05) is 0 Å². The molecule has 2 rings (SSSR count). The zero-order chi connectivity index (χ0) is 12.1. The average molecular weight is 252 g/mol. The van der Waals surface area contributed by atoms with Crippen molar-refractivity contribution in [2.45, 2.75) is 13.0 Å². The highest BCUT2D eigenvalue weighted by Crippen LogP contribution is 2.09. The largest absolute Gasteiger partial charge is 0.343 e. The summed E-state index contributed by atoms with van der Waals surface area (Å²) >= 11 is 1.44. The van der Waals surface area contributed by atoms with Gasteiger partial charge in [0.15, 0.2) is 0 Å². The van der Waals surface area contributed by atoms with E-state index in [-0.39, 0.29) is 5.91 Å². The van der Waals surface area contributed by atoms with Gasteiger partial charge < -0.3 is 11.1 Å². The Bertz CT molecular complexity index is 479. The minimum atomic E-state index is -0.221. The van der Waals surface area contributed by atoms with Crippen LogP contribution < -0.4 is 11.1 Å². The van der Waals surface area contributed by atoms with E-state index >= 15 is 0 Å². The molecule has 0 fully saturated rings. The normalized spacial score (nSPS) is 10.4. The number of H-pyrrole nitrogens is 1. The highest BCUT2D eigenvalue weighted by atomic mass is 32.1. The molecule has 7 nitrogen and oxygen atoms in total. The van der Waals surface area contributed by atoms with E-state index in [4.69, 9.17) is 5.73 Å². The van der Waals surface area contributed by atoms with Crippen molar-refractivity contribution < 1.29 is 4.79 Å². The maximum atomic E-state index is 11.7. The lowest BCUT2D eigenvalue weighted by Gasteiger charge is -1.99. The van der Waals surface area contributed by atoms with Gasteiger partial charge in [-0.15, -0.1) is 11.3 Å². The summed E-state index contributed by atoms with van der Waals surface area (Å²) < 4.78 is 0. The molecule has 4 N–H and O–H groups in total. The van der Waals surface area contributed by atoms with Crippen molar-refractivity contribution in [3.8, 4) is 0 Å². The first-order valence-electron chi connectivity index (χ1n) is 5.06. The van der Waals surface area contributed by atoms with Gasteiger partial charge in [-0.05, 0) is 6.54 Å². The fraction of sp³-hybridized carbons (Fsp3) is 0.333. The first kappa shape index (κ1) is 11.7. The van der Waals surface area contributed by atoms with E-state index in [1.54, 1.807) is 5.38 Å². The molecule has 90 valence electrons. The van der Waals surface area contributed by atoms with Gasteiger partial charge in [-0.1, -0.05) is 0 Å².